The summed E-state index contributed by atoms with van der Waals surface area (Å²) in [5.41, 5.74) is 1.92. The number of aliphatic hydroxyl groups is 1. The van der Waals surface area contributed by atoms with Crippen LogP contribution in [0.2, 0.25) is 0 Å². The molecular weight excluding hydrogens is 457 g/mol. The van der Waals surface area contributed by atoms with E-state index < -0.39 is 23.6 Å². The van der Waals surface area contributed by atoms with Gasteiger partial charge in [-0.05, 0) is 60.4 Å². The van der Waals surface area contributed by atoms with Crippen molar-refractivity contribution in [2.24, 2.45) is 0 Å². The van der Waals surface area contributed by atoms with Gasteiger partial charge in [0, 0.05) is 22.7 Å². The first-order valence-electron chi connectivity index (χ1n) is 11.3. The molecule has 1 unspecified atom stereocenters. The molecule has 182 valence electrons. The Morgan fingerprint density at radius 3 is 2.71 bits per heavy atom. The molecule has 0 aliphatic rings. The SMILES string of the molecule is CCCOc1ccc(-c2cccc(F)c2F)cc1C(=O)NC(CO)Cc1c[nH]c2ccc(F)cc12. The summed E-state index contributed by atoms with van der Waals surface area (Å²) in [6.07, 6.45) is 2.66. The van der Waals surface area contributed by atoms with E-state index >= 15 is 0 Å². The molecular formula is C27H25F3N2O3. The predicted octanol–water partition coefficient (Wildman–Crippen LogP) is 5.37. The van der Waals surface area contributed by atoms with Crippen LogP contribution in [-0.4, -0.2) is 35.3 Å². The minimum Gasteiger partial charge on any atom is -0.493 e. The van der Waals surface area contributed by atoms with Gasteiger partial charge in [0.1, 0.15) is 11.6 Å². The Morgan fingerprint density at radius 1 is 1.11 bits per heavy atom. The van der Waals surface area contributed by atoms with Crippen LogP contribution in [0.4, 0.5) is 13.2 Å². The number of carbonyl (C=O) groups is 1. The van der Waals surface area contributed by atoms with Gasteiger partial charge in [0.15, 0.2) is 11.6 Å². The van der Waals surface area contributed by atoms with Crippen molar-refractivity contribution in [2.45, 2.75) is 25.8 Å². The quantitative estimate of drug-likeness (QED) is 0.300. The van der Waals surface area contributed by atoms with Crippen LogP contribution in [-0.2, 0) is 6.42 Å². The summed E-state index contributed by atoms with van der Waals surface area (Å²) in [6.45, 7) is 1.91. The van der Waals surface area contributed by atoms with E-state index in [-0.39, 0.29) is 35.7 Å². The summed E-state index contributed by atoms with van der Waals surface area (Å²) in [5, 5.41) is 13.4. The lowest BCUT2D eigenvalue weighted by atomic mass is 10.0. The van der Waals surface area contributed by atoms with Gasteiger partial charge >= 0.3 is 0 Å². The van der Waals surface area contributed by atoms with Gasteiger partial charge in [-0.3, -0.25) is 4.79 Å². The number of amides is 1. The van der Waals surface area contributed by atoms with Crippen LogP contribution in [0.25, 0.3) is 22.0 Å². The van der Waals surface area contributed by atoms with Crippen LogP contribution in [0, 0.1) is 17.5 Å². The van der Waals surface area contributed by atoms with Gasteiger partial charge in [0.25, 0.3) is 5.91 Å². The van der Waals surface area contributed by atoms with Crippen molar-refractivity contribution in [2.75, 3.05) is 13.2 Å². The number of fused-ring (bicyclic) bond motifs is 1. The Labute approximate surface area is 200 Å². The Hall–Kier alpha value is -3.78. The van der Waals surface area contributed by atoms with Crippen molar-refractivity contribution in [1.29, 1.82) is 0 Å². The van der Waals surface area contributed by atoms with Gasteiger partial charge < -0.3 is 20.1 Å². The normalized spacial score (nSPS) is 12.0. The van der Waals surface area contributed by atoms with E-state index in [0.29, 0.717) is 24.0 Å². The van der Waals surface area contributed by atoms with Crippen molar-refractivity contribution in [3.8, 4) is 16.9 Å². The number of aromatic amines is 1. The Kier molecular flexibility index (Phi) is 7.41. The first-order valence-corrected chi connectivity index (χ1v) is 11.3. The molecule has 0 fully saturated rings. The number of nitrogens with one attached hydrogen (secondary N) is 2. The third-order valence-electron chi connectivity index (χ3n) is 5.70. The second-order valence-corrected chi connectivity index (χ2v) is 8.22. The smallest absolute Gasteiger partial charge is 0.255 e. The zero-order valence-corrected chi connectivity index (χ0v) is 19.1. The number of halogens is 3. The fourth-order valence-electron chi connectivity index (χ4n) is 3.95. The average molecular weight is 483 g/mol. The first-order chi connectivity index (χ1) is 16.9. The maximum atomic E-state index is 14.4. The van der Waals surface area contributed by atoms with Gasteiger partial charge in [-0.25, -0.2) is 13.2 Å². The third kappa shape index (κ3) is 5.33. The lowest BCUT2D eigenvalue weighted by Crippen LogP contribution is -2.39. The number of rotatable bonds is 9. The van der Waals surface area contributed by atoms with Crippen LogP contribution in [0.5, 0.6) is 5.75 Å². The molecule has 0 saturated carbocycles. The summed E-state index contributed by atoms with van der Waals surface area (Å²) < 4.78 is 47.6. The number of aromatic nitrogens is 1. The van der Waals surface area contributed by atoms with Gasteiger partial charge in [-0.15, -0.1) is 0 Å². The third-order valence-corrected chi connectivity index (χ3v) is 5.70. The molecule has 0 aliphatic carbocycles. The van der Waals surface area contributed by atoms with E-state index in [1.165, 1.54) is 30.3 Å². The van der Waals surface area contributed by atoms with Crippen LogP contribution in [0.1, 0.15) is 29.3 Å². The summed E-state index contributed by atoms with van der Waals surface area (Å²) in [7, 11) is 0. The summed E-state index contributed by atoms with van der Waals surface area (Å²) in [6, 6.07) is 12.1. The van der Waals surface area contributed by atoms with Gasteiger partial charge in [-0.2, -0.15) is 0 Å². The molecule has 1 heterocycles. The minimum atomic E-state index is -1.01. The molecule has 0 bridgehead atoms. The molecule has 1 aromatic heterocycles. The highest BCUT2D eigenvalue weighted by Gasteiger charge is 2.21. The predicted molar refractivity (Wildman–Crippen MR) is 128 cm³/mol. The van der Waals surface area contributed by atoms with E-state index in [2.05, 4.69) is 10.3 Å². The molecule has 3 N–H and O–H groups in total. The van der Waals surface area contributed by atoms with E-state index in [4.69, 9.17) is 4.74 Å². The van der Waals surface area contributed by atoms with Gasteiger partial charge in [0.05, 0.1) is 24.8 Å². The maximum absolute atomic E-state index is 14.4. The van der Waals surface area contributed by atoms with E-state index in [1.54, 1.807) is 24.4 Å². The number of aliphatic hydroxyl groups excluding tert-OH is 1. The zero-order chi connectivity index (χ0) is 24.9. The van der Waals surface area contributed by atoms with Crippen LogP contribution >= 0.6 is 0 Å². The standard InChI is InChI=1S/C27H25F3N2O3/c1-2-10-35-25-9-6-16(20-4-3-5-23(29)26(20)30)12-22(25)27(34)32-19(15-33)11-17-14-31-24-8-7-18(28)13-21(17)24/h3-9,12-14,19,31,33H,2,10-11,15H2,1H3,(H,32,34). The highest BCUT2D eigenvalue weighted by atomic mass is 19.2. The fourth-order valence-corrected chi connectivity index (χ4v) is 3.95. The van der Waals surface area contributed by atoms with Crippen molar-refractivity contribution in [3.05, 3.63) is 89.4 Å². The molecule has 5 nitrogen and oxygen atoms in total. The summed E-state index contributed by atoms with van der Waals surface area (Å²) in [5.74, 6) is -2.64. The molecule has 4 rings (SSSR count). The Balaban J connectivity index is 1.62. The molecule has 0 saturated heterocycles. The highest BCUT2D eigenvalue weighted by Crippen LogP contribution is 2.30. The van der Waals surface area contributed by atoms with Crippen LogP contribution in [0.3, 0.4) is 0 Å². The number of hydrogen-bond acceptors (Lipinski definition) is 3. The molecule has 0 aliphatic heterocycles. The molecule has 4 aromatic rings. The molecule has 0 spiro atoms. The van der Waals surface area contributed by atoms with E-state index in [1.807, 2.05) is 6.92 Å². The Bertz CT molecular complexity index is 1350. The second kappa shape index (κ2) is 10.7. The minimum absolute atomic E-state index is 0.0145. The lowest BCUT2D eigenvalue weighted by molar-refractivity contribution is 0.0912. The van der Waals surface area contributed by atoms with Gasteiger partial charge in [0.2, 0.25) is 0 Å². The number of ether oxygens (including phenoxy) is 1. The van der Waals surface area contributed by atoms with Crippen LogP contribution < -0.4 is 10.1 Å². The molecule has 1 atom stereocenters. The van der Waals surface area contributed by atoms with Crippen molar-refractivity contribution < 1.29 is 27.8 Å². The highest BCUT2D eigenvalue weighted by molar-refractivity contribution is 5.98. The number of benzene rings is 3. The van der Waals surface area contributed by atoms with Gasteiger partial charge in [-0.1, -0.05) is 25.1 Å². The fraction of sp³-hybridized carbons (Fsp3) is 0.222. The zero-order valence-electron chi connectivity index (χ0n) is 19.1. The van der Waals surface area contributed by atoms with E-state index in [0.717, 1.165) is 17.1 Å². The maximum Gasteiger partial charge on any atom is 0.255 e. The first kappa shape index (κ1) is 24.3. The lowest BCUT2D eigenvalue weighted by Gasteiger charge is -2.18. The molecule has 35 heavy (non-hydrogen) atoms. The monoisotopic (exact) mass is 482 g/mol. The second-order valence-electron chi connectivity index (χ2n) is 8.22. The summed E-state index contributed by atoms with van der Waals surface area (Å²) >= 11 is 0. The number of H-pyrrole nitrogens is 1. The van der Waals surface area contributed by atoms with Crippen molar-refractivity contribution in [1.82, 2.24) is 10.3 Å². The molecule has 0 radical (unpaired) electrons. The topological polar surface area (TPSA) is 74.3 Å². The van der Waals surface area contributed by atoms with E-state index in [9.17, 15) is 23.1 Å². The molecule has 3 aromatic carbocycles. The number of carbonyl (C=O) groups excluding carboxylic acids is 1. The summed E-state index contributed by atoms with van der Waals surface area (Å²) in [4.78, 5) is 16.3. The average Bonchev–Trinajstić information content (AvgIpc) is 3.25. The van der Waals surface area contributed by atoms with Crippen molar-refractivity contribution in [3.63, 3.8) is 0 Å². The van der Waals surface area contributed by atoms with Crippen molar-refractivity contribution >= 4 is 16.8 Å². The Morgan fingerprint density at radius 2 is 1.94 bits per heavy atom. The largest absolute Gasteiger partial charge is 0.493 e. The molecule has 1 amide bonds. The number of hydrogen-bond donors (Lipinski definition) is 3. The molecule has 8 heteroatoms. The van der Waals surface area contributed by atoms with Crippen LogP contribution in [0.15, 0.2) is 60.8 Å².